The van der Waals surface area contributed by atoms with Crippen molar-refractivity contribution in [2.24, 2.45) is 17.6 Å². The van der Waals surface area contributed by atoms with Crippen molar-refractivity contribution in [3.63, 3.8) is 0 Å². The van der Waals surface area contributed by atoms with Crippen LogP contribution in [-0.4, -0.2) is 6.54 Å². The Kier molecular flexibility index (Phi) is 13.4. The van der Waals surface area contributed by atoms with Gasteiger partial charge in [0.1, 0.15) is 0 Å². The molecular weight excluding hydrogens is 218 g/mol. The fraction of sp³-hybridized carbons (Fsp3) is 1.00. The van der Waals surface area contributed by atoms with Crippen LogP contribution in [0.15, 0.2) is 0 Å². The Morgan fingerprint density at radius 3 is 1.56 bits per heavy atom. The Morgan fingerprint density at radius 2 is 1.11 bits per heavy atom. The maximum absolute atomic E-state index is 5.69. The molecule has 2 atom stereocenters. The van der Waals surface area contributed by atoms with Gasteiger partial charge in [-0.2, -0.15) is 0 Å². The van der Waals surface area contributed by atoms with E-state index in [0.29, 0.717) is 5.92 Å². The Balaban J connectivity index is 3.11. The number of hydrogen-bond acceptors (Lipinski definition) is 1. The quantitative estimate of drug-likeness (QED) is 0.430. The lowest BCUT2D eigenvalue weighted by Gasteiger charge is -2.17. The van der Waals surface area contributed by atoms with Gasteiger partial charge in [-0.15, -0.1) is 0 Å². The first-order valence-electron chi connectivity index (χ1n) is 8.42. The monoisotopic (exact) mass is 255 g/mol. The molecule has 2 N–H and O–H groups in total. The first kappa shape index (κ1) is 18.0. The third kappa shape index (κ3) is 11.1. The van der Waals surface area contributed by atoms with Crippen LogP contribution in [0.2, 0.25) is 0 Å². The second-order valence-electron chi connectivity index (χ2n) is 6.16. The molecule has 0 saturated carbocycles. The highest BCUT2D eigenvalue weighted by Crippen LogP contribution is 2.18. The molecule has 0 bridgehead atoms. The Labute approximate surface area is 116 Å². The number of rotatable bonds is 13. The van der Waals surface area contributed by atoms with Crippen molar-refractivity contribution in [1.82, 2.24) is 0 Å². The molecular formula is C17H37N. The molecule has 0 aliphatic rings. The van der Waals surface area contributed by atoms with Gasteiger partial charge in [0.15, 0.2) is 0 Å². The standard InChI is InChI=1S/C17H37N/c1-4-5-6-7-8-9-10-11-12-13-14-16(2)17(3)15-18/h16-17H,4-15,18H2,1-3H3. The average Bonchev–Trinajstić information content (AvgIpc) is 2.39. The Bertz CT molecular complexity index is 156. The topological polar surface area (TPSA) is 26.0 Å². The molecule has 0 amide bonds. The third-order valence-electron chi connectivity index (χ3n) is 4.36. The van der Waals surface area contributed by atoms with Gasteiger partial charge in [-0.3, -0.25) is 0 Å². The maximum Gasteiger partial charge on any atom is -0.00490 e. The number of nitrogens with two attached hydrogens (primary N) is 1. The first-order chi connectivity index (χ1) is 8.72. The van der Waals surface area contributed by atoms with E-state index >= 15 is 0 Å². The van der Waals surface area contributed by atoms with E-state index in [-0.39, 0.29) is 0 Å². The summed E-state index contributed by atoms with van der Waals surface area (Å²) in [5.74, 6) is 1.51. The van der Waals surface area contributed by atoms with Crippen molar-refractivity contribution < 1.29 is 0 Å². The van der Waals surface area contributed by atoms with Gasteiger partial charge in [0.2, 0.25) is 0 Å². The van der Waals surface area contributed by atoms with Crippen molar-refractivity contribution in [3.05, 3.63) is 0 Å². The summed E-state index contributed by atoms with van der Waals surface area (Å²) >= 11 is 0. The van der Waals surface area contributed by atoms with Crippen molar-refractivity contribution in [2.45, 2.75) is 91.4 Å². The van der Waals surface area contributed by atoms with Crippen molar-refractivity contribution in [1.29, 1.82) is 0 Å². The molecule has 0 aliphatic heterocycles. The largest absolute Gasteiger partial charge is 0.330 e. The van der Waals surface area contributed by atoms with Crippen LogP contribution in [0, 0.1) is 11.8 Å². The summed E-state index contributed by atoms with van der Waals surface area (Å²) in [4.78, 5) is 0. The molecule has 0 aromatic heterocycles. The minimum Gasteiger partial charge on any atom is -0.330 e. The summed E-state index contributed by atoms with van der Waals surface area (Å²) in [6, 6.07) is 0. The van der Waals surface area contributed by atoms with Gasteiger partial charge >= 0.3 is 0 Å². The Morgan fingerprint density at radius 1 is 0.667 bits per heavy atom. The van der Waals surface area contributed by atoms with E-state index in [4.69, 9.17) is 5.73 Å². The van der Waals surface area contributed by atoms with E-state index in [0.717, 1.165) is 12.5 Å². The van der Waals surface area contributed by atoms with Crippen LogP contribution in [0.25, 0.3) is 0 Å². The van der Waals surface area contributed by atoms with Gasteiger partial charge in [-0.05, 0) is 18.4 Å². The predicted molar refractivity (Wildman–Crippen MR) is 83.8 cm³/mol. The fourth-order valence-electron chi connectivity index (χ4n) is 2.47. The fourth-order valence-corrected chi connectivity index (χ4v) is 2.47. The Hall–Kier alpha value is -0.0400. The molecule has 0 aromatic carbocycles. The van der Waals surface area contributed by atoms with Crippen LogP contribution in [0.1, 0.15) is 91.4 Å². The molecule has 0 rings (SSSR count). The highest BCUT2D eigenvalue weighted by atomic mass is 14.5. The minimum atomic E-state index is 0.698. The molecule has 0 radical (unpaired) electrons. The van der Waals surface area contributed by atoms with Gasteiger partial charge in [0.25, 0.3) is 0 Å². The maximum atomic E-state index is 5.69. The molecule has 18 heavy (non-hydrogen) atoms. The lowest BCUT2D eigenvalue weighted by molar-refractivity contribution is 0.357. The van der Waals surface area contributed by atoms with E-state index < -0.39 is 0 Å². The number of unbranched alkanes of at least 4 members (excludes halogenated alkanes) is 9. The van der Waals surface area contributed by atoms with E-state index in [1.807, 2.05) is 0 Å². The van der Waals surface area contributed by atoms with Crippen LogP contribution in [-0.2, 0) is 0 Å². The molecule has 0 fully saturated rings. The van der Waals surface area contributed by atoms with Gasteiger partial charge in [-0.1, -0.05) is 91.4 Å². The SMILES string of the molecule is CCCCCCCCCCCCC(C)C(C)CN. The first-order valence-corrected chi connectivity index (χ1v) is 8.42. The van der Waals surface area contributed by atoms with Gasteiger partial charge in [0, 0.05) is 0 Å². The second kappa shape index (κ2) is 13.4. The molecule has 110 valence electrons. The van der Waals surface area contributed by atoms with E-state index in [1.165, 1.54) is 70.6 Å². The lowest BCUT2D eigenvalue weighted by atomic mass is 9.90. The summed E-state index contributed by atoms with van der Waals surface area (Å²) in [6.07, 6.45) is 15.7. The minimum absolute atomic E-state index is 0.698. The summed E-state index contributed by atoms with van der Waals surface area (Å²) in [5.41, 5.74) is 5.69. The van der Waals surface area contributed by atoms with Gasteiger partial charge in [-0.25, -0.2) is 0 Å². The zero-order valence-electron chi connectivity index (χ0n) is 13.2. The average molecular weight is 255 g/mol. The van der Waals surface area contributed by atoms with E-state index in [2.05, 4.69) is 20.8 Å². The smallest absolute Gasteiger partial charge is 0.00490 e. The molecule has 0 saturated heterocycles. The van der Waals surface area contributed by atoms with Crippen LogP contribution < -0.4 is 5.73 Å². The number of hydrogen-bond donors (Lipinski definition) is 1. The van der Waals surface area contributed by atoms with Gasteiger partial charge < -0.3 is 5.73 Å². The summed E-state index contributed by atoms with van der Waals surface area (Å²) < 4.78 is 0. The van der Waals surface area contributed by atoms with E-state index in [1.54, 1.807) is 0 Å². The van der Waals surface area contributed by atoms with Crippen molar-refractivity contribution >= 4 is 0 Å². The normalized spacial score (nSPS) is 14.7. The highest BCUT2D eigenvalue weighted by Gasteiger charge is 2.09. The van der Waals surface area contributed by atoms with Crippen LogP contribution >= 0.6 is 0 Å². The summed E-state index contributed by atoms with van der Waals surface area (Å²) in [6.45, 7) is 7.76. The van der Waals surface area contributed by atoms with Crippen molar-refractivity contribution in [2.75, 3.05) is 6.54 Å². The van der Waals surface area contributed by atoms with Gasteiger partial charge in [0.05, 0.1) is 0 Å². The van der Waals surface area contributed by atoms with Crippen LogP contribution in [0.4, 0.5) is 0 Å². The molecule has 0 aliphatic carbocycles. The highest BCUT2D eigenvalue weighted by molar-refractivity contribution is 4.62. The zero-order chi connectivity index (χ0) is 13.6. The second-order valence-corrected chi connectivity index (χ2v) is 6.16. The lowest BCUT2D eigenvalue weighted by Crippen LogP contribution is -2.18. The molecule has 1 nitrogen and oxygen atoms in total. The van der Waals surface area contributed by atoms with Crippen molar-refractivity contribution in [3.8, 4) is 0 Å². The van der Waals surface area contributed by atoms with E-state index in [9.17, 15) is 0 Å². The third-order valence-corrected chi connectivity index (χ3v) is 4.36. The molecule has 0 heterocycles. The zero-order valence-corrected chi connectivity index (χ0v) is 13.2. The molecule has 2 unspecified atom stereocenters. The van der Waals surface area contributed by atoms with Crippen LogP contribution in [0.3, 0.4) is 0 Å². The molecule has 0 spiro atoms. The molecule has 0 aromatic rings. The summed E-state index contributed by atoms with van der Waals surface area (Å²) in [7, 11) is 0. The predicted octanol–water partition coefficient (Wildman–Crippen LogP) is 5.53. The molecule has 1 heteroatoms. The van der Waals surface area contributed by atoms with Crippen LogP contribution in [0.5, 0.6) is 0 Å². The summed E-state index contributed by atoms with van der Waals surface area (Å²) in [5, 5.41) is 0.